The van der Waals surface area contributed by atoms with E-state index in [2.05, 4.69) is 104 Å². The molecule has 0 aromatic heterocycles. The zero-order chi connectivity index (χ0) is 78.9. The van der Waals surface area contributed by atoms with Gasteiger partial charge in [0.2, 0.25) is 0 Å². The third-order valence-electron chi connectivity index (χ3n) is 16.4. The van der Waals surface area contributed by atoms with E-state index in [1.807, 2.05) is 77.8 Å². The van der Waals surface area contributed by atoms with Crippen molar-refractivity contribution in [3.63, 3.8) is 0 Å². The second-order valence-corrected chi connectivity index (χ2v) is 35.6. The van der Waals surface area contributed by atoms with Crippen molar-refractivity contribution in [1.29, 1.82) is 0 Å². The van der Waals surface area contributed by atoms with Gasteiger partial charge >= 0.3 is 0 Å². The van der Waals surface area contributed by atoms with Crippen molar-refractivity contribution in [2.75, 3.05) is 312 Å². The lowest BCUT2D eigenvalue weighted by atomic mass is 10.2. The van der Waals surface area contributed by atoms with Crippen LogP contribution in [0.2, 0.25) is 0 Å². The molecule has 25 nitrogen and oxygen atoms in total. The molecule has 0 aromatic carbocycles. The Bertz CT molecular complexity index is 1620. The first-order valence-corrected chi connectivity index (χ1v) is 51.1. The van der Waals surface area contributed by atoms with E-state index in [-0.39, 0.29) is 0 Å². The van der Waals surface area contributed by atoms with E-state index < -0.39 is 9.84 Å². The number of morpholine rings is 1. The maximum absolute atomic E-state index is 10.6. The highest BCUT2D eigenvalue weighted by Gasteiger charge is 2.14. The van der Waals surface area contributed by atoms with E-state index in [1.165, 1.54) is 239 Å². The summed E-state index contributed by atoms with van der Waals surface area (Å²) in [6.45, 7) is 36.3. The van der Waals surface area contributed by atoms with Crippen molar-refractivity contribution in [1.82, 2.24) is 74.4 Å². The smallest absolute Gasteiger partial charge is 0.152 e. The van der Waals surface area contributed by atoms with Gasteiger partial charge in [-0.2, -0.15) is 47.0 Å². The first-order valence-electron chi connectivity index (χ1n) is 42.5. The van der Waals surface area contributed by atoms with Crippen molar-refractivity contribution in [2.24, 2.45) is 0 Å². The van der Waals surface area contributed by atoms with Crippen LogP contribution in [0.3, 0.4) is 0 Å². The number of nitrogens with one attached hydrogen (secondary N) is 14. The summed E-state index contributed by atoms with van der Waals surface area (Å²) >= 11 is 12.0. The molecule has 20 aliphatic heterocycles. The van der Waals surface area contributed by atoms with Crippen LogP contribution in [0, 0.1) is 0 Å². The summed E-state index contributed by atoms with van der Waals surface area (Å²) in [5.41, 5.74) is 0. The van der Waals surface area contributed by atoms with Crippen LogP contribution >= 0.6 is 70.6 Å². The minimum Gasteiger partial charge on any atom is -0.498 e. The van der Waals surface area contributed by atoms with Gasteiger partial charge in [0.25, 0.3) is 0 Å². The van der Waals surface area contributed by atoms with Crippen LogP contribution in [0.4, 0.5) is 0 Å². The van der Waals surface area contributed by atoms with Gasteiger partial charge < -0.3 is 117 Å². The number of sulfone groups is 1. The summed E-state index contributed by atoms with van der Waals surface area (Å²) < 4.78 is 65.3. The minimum absolute atomic E-state index is 0.312. The number of ether oxygens (including phenoxy) is 9. The fraction of sp³-hybridized carbons (Fsp3) is 0.873. The molecular formula is C79H162N14O11S7. The summed E-state index contributed by atoms with van der Waals surface area (Å²) in [5, 5.41) is 45.6. The van der Waals surface area contributed by atoms with Crippen LogP contribution in [-0.4, -0.2) is 320 Å². The molecule has 0 aromatic rings. The van der Waals surface area contributed by atoms with E-state index in [0.29, 0.717) is 31.4 Å². The normalized spacial score (nSPS) is 23.2. The predicted molar refractivity (Wildman–Crippen MR) is 485 cm³/mol. The van der Waals surface area contributed by atoms with Crippen LogP contribution in [0.15, 0.2) is 61.0 Å². The van der Waals surface area contributed by atoms with Gasteiger partial charge in [0.05, 0.1) is 69.9 Å². The summed E-state index contributed by atoms with van der Waals surface area (Å²) in [4.78, 5) is 0. The highest BCUT2D eigenvalue weighted by atomic mass is 32.2. The molecule has 0 amide bonds. The molecule has 20 heterocycles. The van der Waals surface area contributed by atoms with Gasteiger partial charge in [-0.25, -0.2) is 8.42 Å². The van der Waals surface area contributed by atoms with Crippen LogP contribution in [0.1, 0.15) is 128 Å². The highest BCUT2D eigenvalue weighted by Crippen LogP contribution is 2.16. The monoisotopic (exact) mass is 1710 g/mol. The second kappa shape index (κ2) is 99.6. The van der Waals surface area contributed by atoms with E-state index in [4.69, 9.17) is 42.6 Å². The molecule has 0 radical (unpaired) electrons. The molecule has 656 valence electrons. The van der Waals surface area contributed by atoms with Crippen LogP contribution in [0.25, 0.3) is 0 Å². The molecule has 0 saturated carbocycles. The first kappa shape index (κ1) is 108. The standard InChI is InChI=1S/C5H11NO.C5H11N.C5H10O.C5H8O.C5H10S.C4H10N2.C4H6N2.C4H9NO2S.C4H9NO.C4H7NO.C4H9NS.C4H9N.C4H8O.C4H8S.C3H7NS.C3H5NS.C3H7N.C3H6O2.C3H6O.C3H6S/c1-2-6-3-5-7-4-1;4*1-2-4-6-5-3-1;2*1-2-6-4-3-5-1;6-8(7)3-1-5-2-4-8;3*1-3-6-4-2-5-1;3*1-2-4-5-3-1;2*1-2-5-3-4-1;1-2-4-3-1;1-2-5-3-4-1;2*1-2-4-3-1/h6H,1-5H2;6H,1-5H2;1-5H2;1-2H,3-5H2;1-5H2;5-6H,1-4H2;1-6H;5H,1-4H2;5H,1-4H2;1,3,5H,2,4H2;5H,1-4H2;5H,1-4H2;2*1-4H2;4H,1-3H2;1-2,4H,3H2;4H,1-3H2;1-3H2;2*1-3H2. The Morgan fingerprint density at radius 2 is 0.667 bits per heavy atom. The van der Waals surface area contributed by atoms with Gasteiger partial charge in [0.1, 0.15) is 13.4 Å². The van der Waals surface area contributed by atoms with Gasteiger partial charge in [-0.3, -0.25) is 0 Å². The quantitative estimate of drug-likeness (QED) is 0.101. The molecule has 111 heavy (non-hydrogen) atoms. The summed E-state index contributed by atoms with van der Waals surface area (Å²) in [6, 6.07) is 0. The Morgan fingerprint density at radius 1 is 0.261 bits per heavy atom. The molecule has 20 rings (SSSR count). The SMILES string of the molecule is C1=CCOCC1.C1=CNC=CN1.C1=COCCN1.C1=CSCN1.C1CCNC1.C1CCNCC1.C1CCOC1.C1CCOCC1.C1CCSC1.C1CCSCC1.C1CNC1.C1CNCCN1.C1CNCCOC1.C1COC1.C1COCCN1.C1COCO1.C1CSC1.C1CSCCN1.C1CSCN1.O=S1(=O)CCNCC1. The predicted octanol–water partition coefficient (Wildman–Crippen LogP) is 8.33. The van der Waals surface area contributed by atoms with Crippen LogP contribution in [-0.2, 0) is 52.5 Å². The number of hydrogen-bond donors (Lipinski definition) is 14. The van der Waals surface area contributed by atoms with E-state index >= 15 is 0 Å². The molecule has 20 aliphatic rings. The van der Waals surface area contributed by atoms with Crippen molar-refractivity contribution < 1.29 is 51.0 Å². The largest absolute Gasteiger partial charge is 0.498 e. The summed E-state index contributed by atoms with van der Waals surface area (Å²) in [7, 11) is -2.65. The molecule has 14 N–H and O–H groups in total. The topological polar surface area (TPSA) is 286 Å². The first-order chi connectivity index (χ1) is 55.2. The average Bonchev–Trinajstić information content (AvgIpc) is 1.44. The maximum Gasteiger partial charge on any atom is 0.152 e. The fourth-order valence-corrected chi connectivity index (χ4v) is 14.8. The van der Waals surface area contributed by atoms with Crippen molar-refractivity contribution >= 4 is 80.4 Å². The van der Waals surface area contributed by atoms with Gasteiger partial charge in [-0.05, 0) is 201 Å². The van der Waals surface area contributed by atoms with E-state index in [9.17, 15) is 8.42 Å². The maximum atomic E-state index is 10.6. The lowest BCUT2D eigenvalue weighted by molar-refractivity contribution is 0.0367. The molecule has 0 atom stereocenters. The molecule has 0 spiro atoms. The number of piperazine rings is 1. The highest BCUT2D eigenvalue weighted by molar-refractivity contribution is 8.02. The zero-order valence-corrected chi connectivity index (χ0v) is 74.6. The third-order valence-corrected chi connectivity index (χ3v) is 24.0. The Balaban J connectivity index is 0.000000585. The van der Waals surface area contributed by atoms with Crippen LogP contribution in [0.5, 0.6) is 0 Å². The molecular weight excluding hydrogens is 1550 g/mol. The molecule has 0 aliphatic carbocycles. The number of hydrogen-bond acceptors (Lipinski definition) is 31. The molecule has 32 heteroatoms. The Hall–Kier alpha value is -0.970. The summed E-state index contributed by atoms with van der Waals surface area (Å²) in [5.74, 6) is 15.3. The van der Waals surface area contributed by atoms with Crippen molar-refractivity contribution in [2.45, 2.75) is 128 Å². The average molecular weight is 1710 g/mol. The summed E-state index contributed by atoms with van der Waals surface area (Å²) in [6.07, 6.45) is 44.1. The number of thioether (sulfide) groups is 6. The second-order valence-electron chi connectivity index (χ2n) is 26.4. The molecule has 0 bridgehead atoms. The van der Waals surface area contributed by atoms with E-state index in [1.54, 1.807) is 24.2 Å². The van der Waals surface area contributed by atoms with Gasteiger partial charge in [-0.1, -0.05) is 25.0 Å². The lowest BCUT2D eigenvalue weighted by Gasteiger charge is -2.11. The molecule has 0 unspecified atom stereocenters. The Kier molecular flexibility index (Phi) is 96.9. The molecule has 16 saturated heterocycles. The van der Waals surface area contributed by atoms with E-state index in [0.717, 1.165) is 170 Å². The Morgan fingerprint density at radius 3 is 0.883 bits per heavy atom. The fourth-order valence-electron chi connectivity index (χ4n) is 9.33. The minimum atomic E-state index is -2.65. The lowest BCUT2D eigenvalue weighted by Crippen LogP contribution is -2.39. The zero-order valence-electron chi connectivity index (χ0n) is 68.9. The van der Waals surface area contributed by atoms with Crippen LogP contribution < -0.4 is 74.4 Å². The Labute approximate surface area is 702 Å². The van der Waals surface area contributed by atoms with Crippen molar-refractivity contribution in [3.05, 3.63) is 61.0 Å². The van der Waals surface area contributed by atoms with Crippen molar-refractivity contribution in [3.8, 4) is 0 Å². The van der Waals surface area contributed by atoms with Gasteiger partial charge in [0, 0.05) is 192 Å². The van der Waals surface area contributed by atoms with Gasteiger partial charge in [-0.15, -0.1) is 23.5 Å². The molecule has 16 fully saturated rings. The van der Waals surface area contributed by atoms with Gasteiger partial charge in [0.15, 0.2) is 9.84 Å². The number of rotatable bonds is 0. The third kappa shape index (κ3) is 99.5. The number of piperidine rings is 1.